The van der Waals surface area contributed by atoms with Gasteiger partial charge in [-0.2, -0.15) is 0 Å². The highest BCUT2D eigenvalue weighted by atomic mass is 35.5. The molecule has 1 spiro atoms. The molecule has 0 saturated carbocycles. The molecule has 2 aromatic carbocycles. The molecule has 3 aliphatic heterocycles. The van der Waals surface area contributed by atoms with Crippen LogP contribution in [0.25, 0.3) is 0 Å². The second kappa shape index (κ2) is 6.84. The smallest absolute Gasteiger partial charge is 0.325 e. The summed E-state index contributed by atoms with van der Waals surface area (Å²) in [5, 5.41) is 3.30. The van der Waals surface area contributed by atoms with Gasteiger partial charge in [-0.3, -0.25) is 9.69 Å². The summed E-state index contributed by atoms with van der Waals surface area (Å²) in [4.78, 5) is 27.4. The van der Waals surface area contributed by atoms with Crippen molar-refractivity contribution in [2.75, 3.05) is 19.8 Å². The summed E-state index contributed by atoms with van der Waals surface area (Å²) in [6, 6.07) is 10.4. The number of nitrogens with zero attached hydrogens (tertiary/aromatic N) is 1. The number of nitrogens with one attached hydrogen (secondary N) is 1. The number of ether oxygens (including phenoxy) is 3. The Labute approximate surface area is 172 Å². The van der Waals surface area contributed by atoms with Crippen LogP contribution >= 0.6 is 11.6 Å². The molecule has 2 aromatic rings. The Kier molecular flexibility index (Phi) is 4.28. The number of imide groups is 1. The van der Waals surface area contributed by atoms with Gasteiger partial charge in [-0.25, -0.2) is 4.79 Å². The predicted octanol–water partition coefficient (Wildman–Crippen LogP) is 3.23. The van der Waals surface area contributed by atoms with Crippen molar-refractivity contribution in [1.29, 1.82) is 0 Å². The molecular formula is C21H19ClN2O5. The first kappa shape index (κ1) is 18.1. The fraction of sp³-hybridized carbons (Fsp3) is 0.333. The molecule has 1 fully saturated rings. The lowest BCUT2D eigenvalue weighted by atomic mass is 9.84. The maximum absolute atomic E-state index is 13.4. The monoisotopic (exact) mass is 414 g/mol. The molecule has 1 saturated heterocycles. The van der Waals surface area contributed by atoms with E-state index in [2.05, 4.69) is 5.32 Å². The van der Waals surface area contributed by atoms with Crippen LogP contribution in [0.15, 0.2) is 36.4 Å². The Morgan fingerprint density at radius 3 is 2.72 bits per heavy atom. The number of fused-ring (bicyclic) bond motifs is 3. The zero-order chi connectivity index (χ0) is 20.0. The van der Waals surface area contributed by atoms with Crippen LogP contribution in [0.4, 0.5) is 4.79 Å². The average Bonchev–Trinajstić information content (AvgIpc) is 2.89. The van der Waals surface area contributed by atoms with E-state index >= 15 is 0 Å². The summed E-state index contributed by atoms with van der Waals surface area (Å²) >= 11 is 6.36. The van der Waals surface area contributed by atoms with Gasteiger partial charge in [0.15, 0.2) is 17.0 Å². The Hall–Kier alpha value is -2.93. The molecule has 1 unspecified atom stereocenters. The van der Waals surface area contributed by atoms with E-state index < -0.39 is 11.6 Å². The van der Waals surface area contributed by atoms with Gasteiger partial charge in [0.05, 0.1) is 31.4 Å². The van der Waals surface area contributed by atoms with Crippen LogP contribution in [0.2, 0.25) is 5.02 Å². The van der Waals surface area contributed by atoms with Crippen LogP contribution in [0.1, 0.15) is 24.0 Å². The summed E-state index contributed by atoms with van der Waals surface area (Å²) in [5.74, 6) is 1.36. The van der Waals surface area contributed by atoms with Crippen molar-refractivity contribution in [2.24, 2.45) is 0 Å². The van der Waals surface area contributed by atoms with E-state index in [-0.39, 0.29) is 12.5 Å². The van der Waals surface area contributed by atoms with E-state index in [0.29, 0.717) is 59.6 Å². The maximum Gasteiger partial charge on any atom is 0.325 e. The van der Waals surface area contributed by atoms with Crippen molar-refractivity contribution in [3.05, 3.63) is 52.5 Å². The van der Waals surface area contributed by atoms with Crippen molar-refractivity contribution in [1.82, 2.24) is 10.2 Å². The van der Waals surface area contributed by atoms with E-state index in [1.54, 1.807) is 12.1 Å². The van der Waals surface area contributed by atoms with Gasteiger partial charge in [0.25, 0.3) is 5.91 Å². The first-order valence-electron chi connectivity index (χ1n) is 9.53. The minimum Gasteiger partial charge on any atom is -0.493 e. The number of benzene rings is 2. The average molecular weight is 415 g/mol. The number of carbonyl (C=O) groups is 2. The first-order valence-corrected chi connectivity index (χ1v) is 9.91. The standard InChI is InChI=1S/C21H19ClN2O5/c22-15-10-13(11-17-18(15)29-8-3-7-27-17)12-24-19(25)21(23-20(24)26)6-9-28-16-5-2-1-4-14(16)21/h1-2,4-5,10-11H,3,6-9,12H2,(H,23,26). The third kappa shape index (κ3) is 2.88. The predicted molar refractivity (Wildman–Crippen MR) is 104 cm³/mol. The molecule has 0 bridgehead atoms. The number of carbonyl (C=O) groups excluding carboxylic acids is 2. The lowest BCUT2D eigenvalue weighted by Gasteiger charge is -2.33. The number of rotatable bonds is 2. The Morgan fingerprint density at radius 1 is 1.03 bits per heavy atom. The van der Waals surface area contributed by atoms with E-state index in [4.69, 9.17) is 25.8 Å². The molecule has 29 heavy (non-hydrogen) atoms. The number of urea groups is 1. The summed E-state index contributed by atoms with van der Waals surface area (Å²) < 4.78 is 17.0. The molecule has 5 rings (SSSR count). The highest BCUT2D eigenvalue weighted by Crippen LogP contribution is 2.42. The normalized spacial score (nSPS) is 22.7. The molecule has 150 valence electrons. The van der Waals surface area contributed by atoms with Gasteiger partial charge in [0, 0.05) is 18.4 Å². The number of para-hydroxylation sites is 1. The molecule has 1 N–H and O–H groups in total. The quantitative estimate of drug-likeness (QED) is 0.763. The fourth-order valence-electron chi connectivity index (χ4n) is 4.07. The van der Waals surface area contributed by atoms with Gasteiger partial charge in [-0.05, 0) is 23.8 Å². The SMILES string of the molecule is O=C1NC2(CCOc3ccccc32)C(=O)N1Cc1cc(Cl)c2c(c1)OCCCO2. The molecule has 3 amide bonds. The van der Waals surface area contributed by atoms with Gasteiger partial charge < -0.3 is 19.5 Å². The van der Waals surface area contributed by atoms with Gasteiger partial charge in [0.2, 0.25) is 0 Å². The minimum atomic E-state index is -1.10. The molecular weight excluding hydrogens is 396 g/mol. The van der Waals surface area contributed by atoms with Crippen LogP contribution in [0.5, 0.6) is 17.2 Å². The van der Waals surface area contributed by atoms with E-state index in [9.17, 15) is 9.59 Å². The van der Waals surface area contributed by atoms with E-state index in [1.807, 2.05) is 24.3 Å². The lowest BCUT2D eigenvalue weighted by Crippen LogP contribution is -2.47. The lowest BCUT2D eigenvalue weighted by molar-refractivity contribution is -0.133. The van der Waals surface area contributed by atoms with Crippen molar-refractivity contribution in [3.8, 4) is 17.2 Å². The van der Waals surface area contributed by atoms with Crippen molar-refractivity contribution in [3.63, 3.8) is 0 Å². The van der Waals surface area contributed by atoms with Crippen molar-refractivity contribution in [2.45, 2.75) is 24.9 Å². The number of amides is 3. The Morgan fingerprint density at radius 2 is 1.83 bits per heavy atom. The topological polar surface area (TPSA) is 77.1 Å². The third-order valence-corrected chi connectivity index (χ3v) is 5.74. The zero-order valence-electron chi connectivity index (χ0n) is 15.6. The molecule has 8 heteroatoms. The van der Waals surface area contributed by atoms with Gasteiger partial charge in [-0.15, -0.1) is 0 Å². The molecule has 0 radical (unpaired) electrons. The van der Waals surface area contributed by atoms with Gasteiger partial charge >= 0.3 is 6.03 Å². The van der Waals surface area contributed by atoms with E-state index in [1.165, 1.54) is 4.90 Å². The summed E-state index contributed by atoms with van der Waals surface area (Å²) in [7, 11) is 0. The maximum atomic E-state index is 13.4. The largest absolute Gasteiger partial charge is 0.493 e. The second-order valence-electron chi connectivity index (χ2n) is 7.28. The Balaban J connectivity index is 1.47. The molecule has 3 heterocycles. The summed E-state index contributed by atoms with van der Waals surface area (Å²) in [5.41, 5.74) is 0.282. The van der Waals surface area contributed by atoms with Crippen LogP contribution in [-0.4, -0.2) is 36.7 Å². The zero-order valence-corrected chi connectivity index (χ0v) is 16.3. The minimum absolute atomic E-state index is 0.0891. The number of hydrogen-bond donors (Lipinski definition) is 1. The molecule has 7 nitrogen and oxygen atoms in total. The Bertz CT molecular complexity index is 1010. The van der Waals surface area contributed by atoms with Crippen LogP contribution < -0.4 is 19.5 Å². The highest BCUT2D eigenvalue weighted by Gasteiger charge is 2.54. The van der Waals surface area contributed by atoms with Gasteiger partial charge in [-0.1, -0.05) is 29.8 Å². The van der Waals surface area contributed by atoms with Crippen LogP contribution in [-0.2, 0) is 16.9 Å². The van der Waals surface area contributed by atoms with Crippen LogP contribution in [0.3, 0.4) is 0 Å². The molecule has 0 aromatic heterocycles. The summed E-state index contributed by atoms with van der Waals surface area (Å²) in [6.45, 7) is 1.50. The molecule has 3 aliphatic rings. The third-order valence-electron chi connectivity index (χ3n) is 5.46. The number of halogens is 1. The summed E-state index contributed by atoms with van der Waals surface area (Å²) in [6.07, 6.45) is 1.14. The fourth-order valence-corrected chi connectivity index (χ4v) is 4.36. The first-order chi connectivity index (χ1) is 14.1. The van der Waals surface area contributed by atoms with Crippen molar-refractivity contribution < 1.29 is 23.8 Å². The number of hydrogen-bond acceptors (Lipinski definition) is 5. The van der Waals surface area contributed by atoms with Crippen LogP contribution in [0, 0.1) is 0 Å². The van der Waals surface area contributed by atoms with E-state index in [0.717, 1.165) is 6.42 Å². The van der Waals surface area contributed by atoms with Gasteiger partial charge in [0.1, 0.15) is 5.75 Å². The molecule has 1 atom stereocenters. The molecule has 0 aliphatic carbocycles. The van der Waals surface area contributed by atoms with Crippen molar-refractivity contribution >= 4 is 23.5 Å². The highest BCUT2D eigenvalue weighted by molar-refractivity contribution is 6.32. The second-order valence-corrected chi connectivity index (χ2v) is 7.68.